The van der Waals surface area contributed by atoms with Crippen LogP contribution in [0.1, 0.15) is 87.5 Å². The highest BCUT2D eigenvalue weighted by Crippen LogP contribution is 2.19. The van der Waals surface area contributed by atoms with E-state index in [1.807, 2.05) is 13.8 Å². The molecule has 0 saturated carbocycles. The van der Waals surface area contributed by atoms with Crippen LogP contribution in [0.5, 0.6) is 0 Å². The molecule has 0 aliphatic rings. The van der Waals surface area contributed by atoms with Crippen molar-refractivity contribution in [1.29, 1.82) is 0 Å². The lowest BCUT2D eigenvalue weighted by molar-refractivity contribution is 0.346. The Morgan fingerprint density at radius 1 is 0.824 bits per heavy atom. The van der Waals surface area contributed by atoms with Gasteiger partial charge in [-0.1, -0.05) is 87.5 Å². The predicted molar refractivity (Wildman–Crippen MR) is 86.7 cm³/mol. The minimum absolute atomic E-state index is 0.923. The fourth-order valence-electron chi connectivity index (χ4n) is 1.21. The minimum Gasteiger partial charge on any atom is -0.106 e. The van der Waals surface area contributed by atoms with Gasteiger partial charge in [0, 0.05) is 0 Å². The number of hydrogen-bond donors (Lipinski definition) is 0. The van der Waals surface area contributed by atoms with Gasteiger partial charge in [-0.05, 0) is 11.8 Å². The first kappa shape index (κ1) is 25.6. The van der Waals surface area contributed by atoms with Gasteiger partial charge in [0.1, 0.15) is 0 Å². The summed E-state index contributed by atoms with van der Waals surface area (Å²) in [4.78, 5) is 0. The second-order valence-corrected chi connectivity index (χ2v) is 4.21. The molecule has 0 amide bonds. The first-order valence-corrected chi connectivity index (χ1v) is 7.63. The van der Waals surface area contributed by atoms with Crippen LogP contribution in [0.4, 0.5) is 0 Å². The lowest BCUT2D eigenvalue weighted by Crippen LogP contribution is -2.06. The molecule has 0 nitrogen and oxygen atoms in total. The van der Waals surface area contributed by atoms with Gasteiger partial charge in [0.05, 0.1) is 0 Å². The summed E-state index contributed by atoms with van der Waals surface area (Å²) in [5.74, 6) is 1.86. The molecule has 0 aromatic carbocycles. The van der Waals surface area contributed by atoms with Gasteiger partial charge in [0.2, 0.25) is 0 Å². The van der Waals surface area contributed by atoms with Gasteiger partial charge in [0.15, 0.2) is 0 Å². The Morgan fingerprint density at radius 2 is 1.18 bits per heavy atom. The van der Waals surface area contributed by atoms with Crippen molar-refractivity contribution in [3.05, 3.63) is 13.2 Å². The molecular formula is C17H40. The zero-order valence-corrected chi connectivity index (χ0v) is 14.1. The number of unbranched alkanes of at least 4 members (excludes halogenated alkanes) is 1. The first-order chi connectivity index (χ1) is 8.13. The van der Waals surface area contributed by atoms with Crippen LogP contribution >= 0.6 is 0 Å². The molecule has 108 valence electrons. The van der Waals surface area contributed by atoms with E-state index in [2.05, 4.69) is 54.7 Å². The first-order valence-electron chi connectivity index (χ1n) is 7.63. The van der Waals surface area contributed by atoms with E-state index in [1.165, 1.54) is 32.1 Å². The molecule has 0 N–H and O–H groups in total. The monoisotopic (exact) mass is 244 g/mol. The smallest absolute Gasteiger partial charge is 0.0417 e. The quantitative estimate of drug-likeness (QED) is 0.452. The molecule has 17 heavy (non-hydrogen) atoms. The van der Waals surface area contributed by atoms with Gasteiger partial charge in [-0.3, -0.25) is 0 Å². The Balaban J connectivity index is -0.000000102. The molecule has 0 aliphatic heterocycles. The van der Waals surface area contributed by atoms with E-state index in [0.717, 1.165) is 11.8 Å². The van der Waals surface area contributed by atoms with Crippen LogP contribution in [0.15, 0.2) is 13.2 Å². The third kappa shape index (κ3) is 31.3. The highest BCUT2D eigenvalue weighted by molar-refractivity contribution is 4.59. The standard InChI is InChI=1S/C10H22.C3H8.C2H6.C2H4/c1-5-7-8-10(4)9(3)6-2;1-3-2;2*1-2/h9-10H,5-8H2,1-4H3;3H2,1-2H3;1-2H3;1-2H2. The van der Waals surface area contributed by atoms with E-state index in [4.69, 9.17) is 0 Å². The summed E-state index contributed by atoms with van der Waals surface area (Å²) in [7, 11) is 0. The van der Waals surface area contributed by atoms with E-state index in [0.29, 0.717) is 0 Å². The fraction of sp³-hybridized carbons (Fsp3) is 0.882. The Morgan fingerprint density at radius 3 is 1.41 bits per heavy atom. The molecular weight excluding hydrogens is 204 g/mol. The van der Waals surface area contributed by atoms with Crippen LogP contribution in [-0.4, -0.2) is 0 Å². The van der Waals surface area contributed by atoms with Crippen molar-refractivity contribution in [2.24, 2.45) is 11.8 Å². The summed E-state index contributed by atoms with van der Waals surface area (Å²) in [6.45, 7) is 23.5. The highest BCUT2D eigenvalue weighted by Gasteiger charge is 2.08. The average molecular weight is 245 g/mol. The van der Waals surface area contributed by atoms with Crippen LogP contribution in [-0.2, 0) is 0 Å². The second kappa shape index (κ2) is 29.6. The van der Waals surface area contributed by atoms with Crippen molar-refractivity contribution in [2.75, 3.05) is 0 Å². The third-order valence-electron chi connectivity index (χ3n) is 2.63. The van der Waals surface area contributed by atoms with Gasteiger partial charge in [-0.25, -0.2) is 0 Å². The van der Waals surface area contributed by atoms with Crippen LogP contribution < -0.4 is 0 Å². The minimum atomic E-state index is 0.923. The van der Waals surface area contributed by atoms with Crippen molar-refractivity contribution in [2.45, 2.75) is 87.5 Å². The zero-order valence-electron chi connectivity index (χ0n) is 14.1. The molecule has 0 aromatic rings. The topological polar surface area (TPSA) is 0 Å². The highest BCUT2D eigenvalue weighted by atomic mass is 14.1. The summed E-state index contributed by atoms with van der Waals surface area (Å²) in [6.07, 6.45) is 6.77. The normalized spacial score (nSPS) is 11.5. The van der Waals surface area contributed by atoms with Crippen molar-refractivity contribution in [3.63, 3.8) is 0 Å². The van der Waals surface area contributed by atoms with Crippen LogP contribution in [0.3, 0.4) is 0 Å². The Bertz CT molecular complexity index is 86.0. The SMILES string of the molecule is C=C.CC.CCC.CCCCC(C)C(C)CC. The van der Waals surface area contributed by atoms with Crippen molar-refractivity contribution >= 4 is 0 Å². The summed E-state index contributed by atoms with van der Waals surface area (Å²) >= 11 is 0. The molecule has 0 rings (SSSR count). The van der Waals surface area contributed by atoms with Gasteiger partial charge in [0.25, 0.3) is 0 Å². The van der Waals surface area contributed by atoms with Gasteiger partial charge < -0.3 is 0 Å². The molecule has 2 atom stereocenters. The van der Waals surface area contributed by atoms with Crippen molar-refractivity contribution in [3.8, 4) is 0 Å². The largest absolute Gasteiger partial charge is 0.106 e. The lowest BCUT2D eigenvalue weighted by Gasteiger charge is -2.17. The van der Waals surface area contributed by atoms with Gasteiger partial charge in [-0.15, -0.1) is 13.2 Å². The molecule has 0 heteroatoms. The molecule has 0 fully saturated rings. The van der Waals surface area contributed by atoms with Crippen molar-refractivity contribution < 1.29 is 0 Å². The average Bonchev–Trinajstić information content (AvgIpc) is 2.40. The Labute approximate surface area is 113 Å². The maximum atomic E-state index is 3.00. The maximum Gasteiger partial charge on any atom is -0.0417 e. The van der Waals surface area contributed by atoms with E-state index < -0.39 is 0 Å². The Kier molecular flexibility index (Phi) is 44.6. The molecule has 0 aliphatic carbocycles. The van der Waals surface area contributed by atoms with Gasteiger partial charge in [-0.2, -0.15) is 0 Å². The summed E-state index contributed by atoms with van der Waals surface area (Å²) in [6, 6.07) is 0. The molecule has 0 saturated heterocycles. The molecule has 2 unspecified atom stereocenters. The van der Waals surface area contributed by atoms with Gasteiger partial charge >= 0.3 is 0 Å². The summed E-state index contributed by atoms with van der Waals surface area (Å²) in [5.41, 5.74) is 0. The second-order valence-electron chi connectivity index (χ2n) is 4.21. The third-order valence-corrected chi connectivity index (χ3v) is 2.63. The van der Waals surface area contributed by atoms with E-state index >= 15 is 0 Å². The summed E-state index contributed by atoms with van der Waals surface area (Å²) in [5, 5.41) is 0. The van der Waals surface area contributed by atoms with Crippen LogP contribution in [0, 0.1) is 11.8 Å². The van der Waals surface area contributed by atoms with E-state index in [-0.39, 0.29) is 0 Å². The lowest BCUT2D eigenvalue weighted by atomic mass is 9.89. The Hall–Kier alpha value is -0.260. The molecule has 0 bridgehead atoms. The maximum absolute atomic E-state index is 3.00. The molecule has 0 aromatic heterocycles. The number of hydrogen-bond acceptors (Lipinski definition) is 0. The zero-order chi connectivity index (χ0) is 14.7. The fourth-order valence-corrected chi connectivity index (χ4v) is 1.21. The molecule has 0 radical (unpaired) electrons. The van der Waals surface area contributed by atoms with E-state index in [1.54, 1.807) is 0 Å². The molecule has 0 heterocycles. The molecule has 0 spiro atoms. The predicted octanol–water partition coefficient (Wildman–Crippen LogP) is 7.10. The van der Waals surface area contributed by atoms with Crippen LogP contribution in [0.25, 0.3) is 0 Å². The van der Waals surface area contributed by atoms with E-state index in [9.17, 15) is 0 Å². The summed E-state index contributed by atoms with van der Waals surface area (Å²) < 4.78 is 0. The number of rotatable bonds is 5. The van der Waals surface area contributed by atoms with Crippen molar-refractivity contribution in [1.82, 2.24) is 0 Å². The van der Waals surface area contributed by atoms with Crippen LogP contribution in [0.2, 0.25) is 0 Å².